The van der Waals surface area contributed by atoms with Crippen molar-refractivity contribution in [2.75, 3.05) is 6.54 Å². The van der Waals surface area contributed by atoms with Crippen LogP contribution in [0.15, 0.2) is 24.4 Å². The number of nitrogens with zero attached hydrogens (tertiary/aromatic N) is 2. The lowest BCUT2D eigenvalue weighted by molar-refractivity contribution is 0.404. The van der Waals surface area contributed by atoms with Crippen molar-refractivity contribution in [2.24, 2.45) is 11.8 Å². The predicted octanol–water partition coefficient (Wildman–Crippen LogP) is 4.58. The molecule has 2 aromatic heterocycles. The third kappa shape index (κ3) is 3.47. The van der Waals surface area contributed by atoms with E-state index in [1.54, 1.807) is 0 Å². The molecule has 1 aliphatic rings. The fourth-order valence-electron chi connectivity index (χ4n) is 3.07. The minimum atomic E-state index is 0. The van der Waals surface area contributed by atoms with Gasteiger partial charge in [0.2, 0.25) is 0 Å². The highest BCUT2D eigenvalue weighted by atomic mass is 35.5. The maximum Gasteiger partial charge on any atom is 0.0712 e. The molecule has 1 saturated carbocycles. The first-order chi connectivity index (χ1) is 10.1. The molecule has 0 spiro atoms. The summed E-state index contributed by atoms with van der Waals surface area (Å²) in [6.07, 6.45) is 4.84. The summed E-state index contributed by atoms with van der Waals surface area (Å²) in [6, 6.07) is 6.75. The molecular formula is C18H28ClN3. The second kappa shape index (κ2) is 7.01. The molecule has 1 atom stereocenters. The van der Waals surface area contributed by atoms with Gasteiger partial charge in [0.05, 0.1) is 11.2 Å². The summed E-state index contributed by atoms with van der Waals surface area (Å²) in [4.78, 5) is 0. The Labute approximate surface area is 139 Å². The molecule has 0 aliphatic heterocycles. The fraction of sp³-hybridized carbons (Fsp3) is 0.611. The summed E-state index contributed by atoms with van der Waals surface area (Å²) in [5.74, 6) is 1.91. The lowest BCUT2D eigenvalue weighted by Crippen LogP contribution is -2.28. The molecule has 2 heterocycles. The number of hydrogen-bond donors (Lipinski definition) is 1. The van der Waals surface area contributed by atoms with Crippen LogP contribution in [0.5, 0.6) is 0 Å². The third-order valence-corrected chi connectivity index (χ3v) is 4.45. The molecule has 122 valence electrons. The molecule has 1 fully saturated rings. The Morgan fingerprint density at radius 1 is 1.23 bits per heavy atom. The number of fused-ring (bicyclic) bond motifs is 1. The smallest absolute Gasteiger partial charge is 0.0712 e. The van der Waals surface area contributed by atoms with E-state index in [0.29, 0.717) is 17.9 Å². The van der Waals surface area contributed by atoms with Crippen LogP contribution in [-0.2, 0) is 0 Å². The molecule has 3 rings (SSSR count). The number of pyridine rings is 1. The van der Waals surface area contributed by atoms with Gasteiger partial charge in [0.15, 0.2) is 0 Å². The van der Waals surface area contributed by atoms with E-state index >= 15 is 0 Å². The fourth-order valence-corrected chi connectivity index (χ4v) is 3.07. The van der Waals surface area contributed by atoms with Gasteiger partial charge in [-0.15, -0.1) is 12.4 Å². The van der Waals surface area contributed by atoms with E-state index in [-0.39, 0.29) is 12.4 Å². The number of rotatable bonds is 6. The summed E-state index contributed by atoms with van der Waals surface area (Å²) in [5, 5.41) is 8.65. The van der Waals surface area contributed by atoms with Crippen LogP contribution in [0.25, 0.3) is 5.52 Å². The van der Waals surface area contributed by atoms with E-state index in [1.165, 1.54) is 29.6 Å². The lowest BCUT2D eigenvalue weighted by atomic mass is 9.91. The van der Waals surface area contributed by atoms with E-state index in [0.717, 1.165) is 12.5 Å². The molecule has 0 amide bonds. The van der Waals surface area contributed by atoms with Gasteiger partial charge >= 0.3 is 0 Å². The van der Waals surface area contributed by atoms with Crippen molar-refractivity contribution in [1.82, 2.24) is 14.9 Å². The Kier molecular flexibility index (Phi) is 5.51. The summed E-state index contributed by atoms with van der Waals surface area (Å²) in [7, 11) is 0. The van der Waals surface area contributed by atoms with Crippen molar-refractivity contribution in [3.8, 4) is 0 Å². The number of nitrogens with one attached hydrogen (secondary N) is 1. The molecule has 1 unspecified atom stereocenters. The summed E-state index contributed by atoms with van der Waals surface area (Å²) >= 11 is 0. The van der Waals surface area contributed by atoms with Crippen molar-refractivity contribution in [3.63, 3.8) is 0 Å². The first kappa shape index (κ1) is 17.3. The van der Waals surface area contributed by atoms with Crippen molar-refractivity contribution in [3.05, 3.63) is 35.7 Å². The van der Waals surface area contributed by atoms with Crippen LogP contribution >= 0.6 is 12.4 Å². The van der Waals surface area contributed by atoms with Crippen LogP contribution in [0.4, 0.5) is 0 Å². The molecule has 22 heavy (non-hydrogen) atoms. The van der Waals surface area contributed by atoms with Crippen LogP contribution in [-0.4, -0.2) is 16.2 Å². The van der Waals surface area contributed by atoms with Crippen molar-refractivity contribution < 1.29 is 0 Å². The van der Waals surface area contributed by atoms with Crippen molar-refractivity contribution >= 4 is 17.9 Å². The second-order valence-electron chi connectivity index (χ2n) is 7.06. The maximum atomic E-state index is 4.83. The third-order valence-electron chi connectivity index (χ3n) is 4.45. The topological polar surface area (TPSA) is 29.3 Å². The van der Waals surface area contributed by atoms with Gasteiger partial charge in [0.25, 0.3) is 0 Å². The first-order valence-electron chi connectivity index (χ1n) is 8.28. The molecule has 0 saturated heterocycles. The monoisotopic (exact) mass is 321 g/mol. The van der Waals surface area contributed by atoms with Crippen LogP contribution in [0.1, 0.15) is 63.8 Å². The number of hydrogen-bond acceptors (Lipinski definition) is 2. The molecule has 4 heteroatoms. The minimum absolute atomic E-state index is 0. The zero-order valence-electron chi connectivity index (χ0n) is 14.0. The molecule has 2 aromatic rings. The van der Waals surface area contributed by atoms with Crippen LogP contribution in [0.3, 0.4) is 0 Å². The highest BCUT2D eigenvalue weighted by molar-refractivity contribution is 5.85. The molecule has 3 nitrogen and oxygen atoms in total. The average Bonchev–Trinajstić information content (AvgIpc) is 3.18. The van der Waals surface area contributed by atoms with Crippen molar-refractivity contribution in [2.45, 2.75) is 52.5 Å². The second-order valence-corrected chi connectivity index (χ2v) is 7.06. The van der Waals surface area contributed by atoms with Crippen LogP contribution in [0.2, 0.25) is 0 Å². The Morgan fingerprint density at radius 2 is 1.95 bits per heavy atom. The molecular weight excluding hydrogens is 294 g/mol. The van der Waals surface area contributed by atoms with Gasteiger partial charge in [-0.2, -0.15) is 5.10 Å². The maximum absolute atomic E-state index is 4.83. The van der Waals surface area contributed by atoms with Crippen LogP contribution in [0, 0.1) is 11.8 Å². The Morgan fingerprint density at radius 3 is 2.55 bits per heavy atom. The van der Waals surface area contributed by atoms with Gasteiger partial charge in [-0.1, -0.05) is 33.8 Å². The van der Waals surface area contributed by atoms with E-state index in [1.807, 2.05) is 4.52 Å². The zero-order valence-corrected chi connectivity index (χ0v) is 14.9. The largest absolute Gasteiger partial charge is 0.309 e. The Bertz CT molecular complexity index is 614. The standard InChI is InChI=1S/C18H27N3.ClH/c1-12(2)17(19-11-14-8-9-14)16-15-7-5-6-10-21(15)20-18(16)13(3)4;/h5-7,10,12-14,17,19H,8-9,11H2,1-4H3;1H. The first-order valence-corrected chi connectivity index (χ1v) is 8.28. The summed E-state index contributed by atoms with van der Waals surface area (Å²) in [6.45, 7) is 10.2. The minimum Gasteiger partial charge on any atom is -0.309 e. The van der Waals surface area contributed by atoms with Gasteiger partial charge < -0.3 is 5.32 Å². The molecule has 0 aromatic carbocycles. The highest BCUT2D eigenvalue weighted by Gasteiger charge is 2.28. The normalized spacial score (nSPS) is 16.3. The molecule has 1 aliphatic carbocycles. The SMILES string of the molecule is CC(C)c1nn2ccccc2c1C(NCC1CC1)C(C)C.Cl. The molecule has 1 N–H and O–H groups in total. The van der Waals surface area contributed by atoms with Crippen LogP contribution < -0.4 is 5.32 Å². The predicted molar refractivity (Wildman–Crippen MR) is 94.8 cm³/mol. The van der Waals surface area contributed by atoms with E-state index in [2.05, 4.69) is 57.4 Å². The Hall–Kier alpha value is -1.06. The van der Waals surface area contributed by atoms with Gasteiger partial charge in [0.1, 0.15) is 0 Å². The van der Waals surface area contributed by atoms with E-state index in [9.17, 15) is 0 Å². The van der Waals surface area contributed by atoms with E-state index < -0.39 is 0 Å². The van der Waals surface area contributed by atoms with Gasteiger partial charge in [-0.05, 0) is 49.3 Å². The zero-order chi connectivity index (χ0) is 15.0. The highest BCUT2D eigenvalue weighted by Crippen LogP contribution is 2.34. The number of aromatic nitrogens is 2. The van der Waals surface area contributed by atoms with Crippen molar-refractivity contribution in [1.29, 1.82) is 0 Å². The average molecular weight is 322 g/mol. The summed E-state index contributed by atoms with van der Waals surface area (Å²) in [5.41, 5.74) is 3.90. The van der Waals surface area contributed by atoms with Gasteiger partial charge in [-0.3, -0.25) is 0 Å². The Balaban J connectivity index is 0.00000176. The number of halogens is 1. The molecule has 0 bridgehead atoms. The molecule has 0 radical (unpaired) electrons. The summed E-state index contributed by atoms with van der Waals surface area (Å²) < 4.78 is 2.04. The van der Waals surface area contributed by atoms with Gasteiger partial charge in [0, 0.05) is 17.8 Å². The lowest BCUT2D eigenvalue weighted by Gasteiger charge is -2.24. The van der Waals surface area contributed by atoms with Gasteiger partial charge in [-0.25, -0.2) is 4.52 Å². The van der Waals surface area contributed by atoms with E-state index in [4.69, 9.17) is 5.10 Å². The quantitative estimate of drug-likeness (QED) is 0.844.